The second-order valence-electron chi connectivity index (χ2n) is 5.63. The van der Waals surface area contributed by atoms with Gasteiger partial charge in [-0.15, -0.1) is 0 Å². The maximum Gasteiger partial charge on any atom is 0.238 e. The predicted molar refractivity (Wildman–Crippen MR) is 84.8 cm³/mol. The van der Waals surface area contributed by atoms with Crippen LogP contribution in [0.1, 0.15) is 25.8 Å². The number of para-hydroxylation sites is 1. The van der Waals surface area contributed by atoms with Crippen LogP contribution in [0.5, 0.6) is 0 Å². The lowest BCUT2D eigenvalue weighted by Gasteiger charge is -2.23. The number of rotatable bonds is 8. The summed E-state index contributed by atoms with van der Waals surface area (Å²) in [7, 11) is 0. The number of carbonyl (C=O) groups is 1. The second kappa shape index (κ2) is 8.72. The van der Waals surface area contributed by atoms with E-state index in [9.17, 15) is 4.79 Å². The Hall–Kier alpha value is -1.39. The average Bonchev–Trinajstić information content (AvgIpc) is 2.38. The Morgan fingerprint density at radius 2 is 2.05 bits per heavy atom. The molecule has 1 aromatic rings. The molecule has 0 fully saturated rings. The molecule has 4 heteroatoms. The summed E-state index contributed by atoms with van der Waals surface area (Å²) in [6.45, 7) is 9.19. The number of hydrogen-bond donors (Lipinski definition) is 2. The number of carbonyl (C=O) groups excluding carboxylic acids is 1. The van der Waals surface area contributed by atoms with Gasteiger partial charge in [0.1, 0.15) is 0 Å². The van der Waals surface area contributed by atoms with E-state index in [-0.39, 0.29) is 5.91 Å². The topological polar surface area (TPSA) is 58.4 Å². The van der Waals surface area contributed by atoms with Crippen molar-refractivity contribution in [1.82, 2.24) is 4.90 Å². The van der Waals surface area contributed by atoms with Gasteiger partial charge in [-0.25, -0.2) is 0 Å². The van der Waals surface area contributed by atoms with Crippen molar-refractivity contribution in [3.63, 3.8) is 0 Å². The smallest absolute Gasteiger partial charge is 0.238 e. The lowest BCUT2D eigenvalue weighted by atomic mass is 10.2. The van der Waals surface area contributed by atoms with E-state index in [0.717, 1.165) is 30.8 Å². The standard InChI is InChI=1S/C16H27N3O/c1-13(2)11-19(10-6-9-17)12-16(20)18-15-8-5-4-7-14(15)3/h4-5,7-8,13H,6,9-12,17H2,1-3H3,(H,18,20). The number of anilines is 1. The van der Waals surface area contributed by atoms with Crippen LogP contribution < -0.4 is 11.1 Å². The Bertz CT molecular complexity index is 418. The summed E-state index contributed by atoms with van der Waals surface area (Å²) in [5, 5.41) is 2.98. The van der Waals surface area contributed by atoms with Crippen LogP contribution in [-0.4, -0.2) is 37.0 Å². The van der Waals surface area contributed by atoms with Crippen molar-refractivity contribution in [2.75, 3.05) is 31.5 Å². The maximum atomic E-state index is 12.1. The molecule has 1 rings (SSSR count). The van der Waals surface area contributed by atoms with Crippen molar-refractivity contribution in [2.45, 2.75) is 27.2 Å². The maximum absolute atomic E-state index is 12.1. The Morgan fingerprint density at radius 1 is 1.35 bits per heavy atom. The Labute approximate surface area is 122 Å². The molecule has 0 radical (unpaired) electrons. The van der Waals surface area contributed by atoms with Crippen LogP contribution in [0.3, 0.4) is 0 Å². The van der Waals surface area contributed by atoms with Crippen molar-refractivity contribution < 1.29 is 4.79 Å². The molecule has 0 spiro atoms. The van der Waals surface area contributed by atoms with Crippen LogP contribution >= 0.6 is 0 Å². The number of nitrogens with zero attached hydrogens (tertiary/aromatic N) is 1. The summed E-state index contributed by atoms with van der Waals surface area (Å²) in [4.78, 5) is 14.3. The summed E-state index contributed by atoms with van der Waals surface area (Å²) in [5.41, 5.74) is 7.53. The first kappa shape index (κ1) is 16.7. The Kier molecular flexibility index (Phi) is 7.26. The molecule has 112 valence electrons. The lowest BCUT2D eigenvalue weighted by molar-refractivity contribution is -0.117. The number of benzene rings is 1. The normalized spacial score (nSPS) is 11.1. The predicted octanol–water partition coefficient (Wildman–Crippen LogP) is 2.24. The summed E-state index contributed by atoms with van der Waals surface area (Å²) >= 11 is 0. The molecular weight excluding hydrogens is 250 g/mol. The van der Waals surface area contributed by atoms with Crippen molar-refractivity contribution in [1.29, 1.82) is 0 Å². The minimum Gasteiger partial charge on any atom is -0.330 e. The fraction of sp³-hybridized carbons (Fsp3) is 0.562. The van der Waals surface area contributed by atoms with Crippen molar-refractivity contribution in [3.8, 4) is 0 Å². The second-order valence-corrected chi connectivity index (χ2v) is 5.63. The van der Waals surface area contributed by atoms with E-state index in [0.29, 0.717) is 19.0 Å². The molecule has 0 saturated carbocycles. The van der Waals surface area contributed by atoms with E-state index in [2.05, 4.69) is 24.1 Å². The number of aryl methyl sites for hydroxylation is 1. The average molecular weight is 277 g/mol. The fourth-order valence-electron chi connectivity index (χ4n) is 2.17. The molecule has 0 unspecified atom stereocenters. The third-order valence-corrected chi connectivity index (χ3v) is 3.09. The van der Waals surface area contributed by atoms with Crippen LogP contribution in [0.15, 0.2) is 24.3 Å². The van der Waals surface area contributed by atoms with Gasteiger partial charge in [-0.3, -0.25) is 9.69 Å². The van der Waals surface area contributed by atoms with E-state index in [4.69, 9.17) is 5.73 Å². The zero-order chi connectivity index (χ0) is 15.0. The van der Waals surface area contributed by atoms with E-state index in [1.165, 1.54) is 0 Å². The quantitative estimate of drug-likeness (QED) is 0.766. The molecule has 0 heterocycles. The van der Waals surface area contributed by atoms with Gasteiger partial charge in [0, 0.05) is 12.2 Å². The highest BCUT2D eigenvalue weighted by Crippen LogP contribution is 2.13. The highest BCUT2D eigenvalue weighted by atomic mass is 16.2. The number of nitrogens with two attached hydrogens (primary N) is 1. The monoisotopic (exact) mass is 277 g/mol. The van der Waals surface area contributed by atoms with Gasteiger partial charge >= 0.3 is 0 Å². The van der Waals surface area contributed by atoms with Gasteiger partial charge in [0.2, 0.25) is 5.91 Å². The molecule has 0 bridgehead atoms. The Balaban J connectivity index is 2.54. The summed E-state index contributed by atoms with van der Waals surface area (Å²) in [5.74, 6) is 0.580. The zero-order valence-electron chi connectivity index (χ0n) is 12.9. The third kappa shape index (κ3) is 6.17. The summed E-state index contributed by atoms with van der Waals surface area (Å²) in [6.07, 6.45) is 0.921. The molecule has 0 aromatic heterocycles. The van der Waals surface area contributed by atoms with Crippen LogP contribution in [0.25, 0.3) is 0 Å². The molecule has 20 heavy (non-hydrogen) atoms. The van der Waals surface area contributed by atoms with Crippen LogP contribution in [0.4, 0.5) is 5.69 Å². The third-order valence-electron chi connectivity index (χ3n) is 3.09. The molecule has 3 N–H and O–H groups in total. The van der Waals surface area contributed by atoms with Gasteiger partial charge in [-0.05, 0) is 44.0 Å². The highest BCUT2D eigenvalue weighted by molar-refractivity contribution is 5.92. The van der Waals surface area contributed by atoms with Crippen LogP contribution in [0.2, 0.25) is 0 Å². The van der Waals surface area contributed by atoms with E-state index < -0.39 is 0 Å². The first-order chi connectivity index (χ1) is 9.52. The molecular formula is C16H27N3O. The van der Waals surface area contributed by atoms with E-state index in [1.54, 1.807) is 0 Å². The van der Waals surface area contributed by atoms with Crippen LogP contribution in [0, 0.1) is 12.8 Å². The first-order valence-electron chi connectivity index (χ1n) is 7.30. The van der Waals surface area contributed by atoms with E-state index >= 15 is 0 Å². The first-order valence-corrected chi connectivity index (χ1v) is 7.30. The molecule has 0 aliphatic heterocycles. The number of hydrogen-bond acceptors (Lipinski definition) is 3. The van der Waals surface area contributed by atoms with Gasteiger partial charge in [-0.2, -0.15) is 0 Å². The van der Waals surface area contributed by atoms with Gasteiger partial charge < -0.3 is 11.1 Å². The van der Waals surface area contributed by atoms with Gasteiger partial charge in [0.05, 0.1) is 6.54 Å². The van der Waals surface area contributed by atoms with Crippen LogP contribution in [-0.2, 0) is 4.79 Å². The zero-order valence-corrected chi connectivity index (χ0v) is 12.9. The van der Waals surface area contributed by atoms with Gasteiger partial charge in [0.25, 0.3) is 0 Å². The SMILES string of the molecule is Cc1ccccc1NC(=O)CN(CCCN)CC(C)C. The molecule has 0 saturated heterocycles. The van der Waals surface area contributed by atoms with Crippen molar-refractivity contribution >= 4 is 11.6 Å². The molecule has 0 aliphatic carbocycles. The number of nitrogens with one attached hydrogen (secondary N) is 1. The molecule has 1 amide bonds. The van der Waals surface area contributed by atoms with Gasteiger partial charge in [0.15, 0.2) is 0 Å². The minimum atomic E-state index is 0.0389. The fourth-order valence-corrected chi connectivity index (χ4v) is 2.17. The largest absolute Gasteiger partial charge is 0.330 e. The lowest BCUT2D eigenvalue weighted by Crippen LogP contribution is -2.37. The highest BCUT2D eigenvalue weighted by Gasteiger charge is 2.12. The van der Waals surface area contributed by atoms with E-state index in [1.807, 2.05) is 31.2 Å². The molecule has 0 aliphatic rings. The number of amides is 1. The van der Waals surface area contributed by atoms with Crippen molar-refractivity contribution in [3.05, 3.63) is 29.8 Å². The summed E-state index contributed by atoms with van der Waals surface area (Å²) < 4.78 is 0. The molecule has 0 atom stereocenters. The molecule has 1 aromatic carbocycles. The summed E-state index contributed by atoms with van der Waals surface area (Å²) in [6, 6.07) is 7.83. The molecule has 4 nitrogen and oxygen atoms in total. The van der Waals surface area contributed by atoms with Gasteiger partial charge in [-0.1, -0.05) is 32.0 Å². The minimum absolute atomic E-state index is 0.0389. The Morgan fingerprint density at radius 3 is 2.65 bits per heavy atom. The van der Waals surface area contributed by atoms with Crippen molar-refractivity contribution in [2.24, 2.45) is 11.7 Å².